The van der Waals surface area contributed by atoms with Gasteiger partial charge in [-0.15, -0.1) is 0 Å². The number of furan rings is 1. The van der Waals surface area contributed by atoms with E-state index in [1.54, 1.807) is 0 Å². The number of para-hydroxylation sites is 1. The van der Waals surface area contributed by atoms with Gasteiger partial charge in [-0.05, 0) is 89.4 Å². The smallest absolute Gasteiger partial charge is 0.150 e. The van der Waals surface area contributed by atoms with Crippen molar-refractivity contribution in [2.45, 2.75) is 5.41 Å². The van der Waals surface area contributed by atoms with Crippen LogP contribution < -0.4 is 0 Å². The maximum Gasteiger partial charge on any atom is 0.150 e. The molecular weight excluding hydrogens is 596 g/mol. The van der Waals surface area contributed by atoms with Gasteiger partial charge in [0.15, 0.2) is 0 Å². The van der Waals surface area contributed by atoms with Crippen LogP contribution in [0.3, 0.4) is 0 Å². The molecule has 0 saturated carbocycles. The fraction of sp³-hybridized carbons (Fsp3) is 0.0286. The lowest BCUT2D eigenvalue weighted by atomic mass is 9.70. The summed E-state index contributed by atoms with van der Waals surface area (Å²) in [6, 6.07) is 39.7. The predicted molar refractivity (Wildman–Crippen MR) is 163 cm³/mol. The lowest BCUT2D eigenvalue weighted by Gasteiger charge is -2.31. The first-order valence-electron chi connectivity index (χ1n) is 12.8. The van der Waals surface area contributed by atoms with Crippen LogP contribution in [-0.2, 0) is 5.41 Å². The van der Waals surface area contributed by atoms with Crippen molar-refractivity contribution in [3.63, 3.8) is 0 Å². The van der Waals surface area contributed by atoms with Crippen LogP contribution in [0.25, 0.3) is 55.0 Å². The summed E-state index contributed by atoms with van der Waals surface area (Å²) in [6.07, 6.45) is 0. The number of benzene rings is 6. The first-order chi connectivity index (χ1) is 18.7. The second kappa shape index (κ2) is 7.25. The van der Waals surface area contributed by atoms with E-state index < -0.39 is 5.41 Å². The molecule has 3 heteroatoms. The summed E-state index contributed by atoms with van der Waals surface area (Å²) < 4.78 is 8.60. The van der Waals surface area contributed by atoms with Gasteiger partial charge < -0.3 is 4.42 Å². The van der Waals surface area contributed by atoms with Gasteiger partial charge in [0.2, 0.25) is 0 Å². The van der Waals surface area contributed by atoms with E-state index in [9.17, 15) is 0 Å². The standard InChI is InChI=1S/C35H18Br2O/c36-28-17-26-31(22-12-2-1-11-21(22)28)33-27(18-29(37)34-32(33)23-13-5-8-16-30(23)38-34)35(26)24-14-6-3-9-19(24)20-10-4-7-15-25(20)35/h1-18H. The highest BCUT2D eigenvalue weighted by Gasteiger charge is 2.53. The number of halogens is 2. The minimum atomic E-state index is -0.431. The third kappa shape index (κ3) is 2.35. The first-order valence-corrected chi connectivity index (χ1v) is 14.3. The van der Waals surface area contributed by atoms with Crippen LogP contribution >= 0.6 is 31.9 Å². The second-order valence-corrected chi connectivity index (χ2v) is 12.0. The minimum Gasteiger partial charge on any atom is -0.455 e. The third-order valence-electron chi connectivity index (χ3n) is 8.61. The van der Waals surface area contributed by atoms with Crippen molar-refractivity contribution >= 4 is 64.6 Å². The minimum absolute atomic E-state index is 0.431. The topological polar surface area (TPSA) is 13.1 Å². The van der Waals surface area contributed by atoms with E-state index in [-0.39, 0.29) is 0 Å². The highest BCUT2D eigenvalue weighted by molar-refractivity contribution is 9.11. The molecule has 7 aromatic rings. The predicted octanol–water partition coefficient (Wildman–Crippen LogP) is 10.6. The van der Waals surface area contributed by atoms with Crippen LogP contribution in [0, 0.1) is 0 Å². The molecule has 1 nitrogen and oxygen atoms in total. The second-order valence-electron chi connectivity index (χ2n) is 10.3. The molecule has 0 N–H and O–H groups in total. The van der Waals surface area contributed by atoms with E-state index in [1.807, 2.05) is 6.07 Å². The maximum atomic E-state index is 6.49. The van der Waals surface area contributed by atoms with Crippen molar-refractivity contribution in [1.29, 1.82) is 0 Å². The maximum absolute atomic E-state index is 6.49. The van der Waals surface area contributed by atoms with Crippen molar-refractivity contribution in [2.24, 2.45) is 0 Å². The molecule has 178 valence electrons. The molecule has 2 aliphatic rings. The normalized spacial score (nSPS) is 14.3. The Morgan fingerprint density at radius 3 is 1.79 bits per heavy atom. The van der Waals surface area contributed by atoms with Gasteiger partial charge in [0.1, 0.15) is 11.2 Å². The molecule has 2 aliphatic carbocycles. The molecule has 0 aliphatic heterocycles. The van der Waals surface area contributed by atoms with Gasteiger partial charge in [-0.3, -0.25) is 0 Å². The summed E-state index contributed by atoms with van der Waals surface area (Å²) in [5.41, 5.74) is 11.9. The largest absolute Gasteiger partial charge is 0.455 e. The molecule has 9 rings (SSSR count). The zero-order valence-corrected chi connectivity index (χ0v) is 23.2. The van der Waals surface area contributed by atoms with E-state index >= 15 is 0 Å². The molecule has 1 spiro atoms. The van der Waals surface area contributed by atoms with Crippen molar-refractivity contribution < 1.29 is 4.42 Å². The Bertz CT molecular complexity index is 2120. The SMILES string of the molecule is Brc1cc2c(c3ccccc13)-c1c(cc(Br)c3oc4ccccc4c13)C21c2ccccc2-c2ccccc21. The molecule has 0 radical (unpaired) electrons. The van der Waals surface area contributed by atoms with Crippen LogP contribution in [0.5, 0.6) is 0 Å². The molecule has 0 atom stereocenters. The van der Waals surface area contributed by atoms with E-state index in [0.29, 0.717) is 0 Å². The molecule has 0 bridgehead atoms. The zero-order valence-electron chi connectivity index (χ0n) is 20.1. The zero-order chi connectivity index (χ0) is 25.2. The van der Waals surface area contributed by atoms with Crippen molar-refractivity contribution in [2.75, 3.05) is 0 Å². The lowest BCUT2D eigenvalue weighted by Crippen LogP contribution is -2.26. The van der Waals surface area contributed by atoms with Gasteiger partial charge >= 0.3 is 0 Å². The Kier molecular flexibility index (Phi) is 4.06. The lowest BCUT2D eigenvalue weighted by molar-refractivity contribution is 0.666. The molecule has 0 saturated heterocycles. The highest BCUT2D eigenvalue weighted by Crippen LogP contribution is 2.66. The Morgan fingerprint density at radius 2 is 1.05 bits per heavy atom. The summed E-state index contributed by atoms with van der Waals surface area (Å²) in [6.45, 7) is 0. The van der Waals surface area contributed by atoms with Crippen molar-refractivity contribution in [1.82, 2.24) is 0 Å². The van der Waals surface area contributed by atoms with Crippen molar-refractivity contribution in [3.05, 3.63) is 140 Å². The fourth-order valence-electron chi connectivity index (χ4n) is 7.27. The number of hydrogen-bond donors (Lipinski definition) is 0. The van der Waals surface area contributed by atoms with E-state index in [0.717, 1.165) is 25.5 Å². The summed E-state index contributed by atoms with van der Waals surface area (Å²) in [7, 11) is 0. The summed E-state index contributed by atoms with van der Waals surface area (Å²) in [5, 5.41) is 4.80. The first kappa shape index (κ1) is 21.3. The Labute approximate surface area is 236 Å². The quantitative estimate of drug-likeness (QED) is 0.166. The average Bonchev–Trinajstić information content (AvgIpc) is 3.58. The number of hydrogen-bond acceptors (Lipinski definition) is 1. The van der Waals surface area contributed by atoms with Crippen LogP contribution in [0.15, 0.2) is 123 Å². The molecule has 6 aromatic carbocycles. The van der Waals surface area contributed by atoms with E-state index in [2.05, 4.69) is 135 Å². The number of rotatable bonds is 0. The molecule has 1 heterocycles. The Balaban J connectivity index is 1.62. The highest BCUT2D eigenvalue weighted by atomic mass is 79.9. The van der Waals surface area contributed by atoms with Gasteiger partial charge in [-0.25, -0.2) is 0 Å². The average molecular weight is 614 g/mol. The van der Waals surface area contributed by atoms with E-state index in [1.165, 1.54) is 60.7 Å². The van der Waals surface area contributed by atoms with E-state index in [4.69, 9.17) is 4.42 Å². The number of fused-ring (bicyclic) bond motifs is 16. The van der Waals surface area contributed by atoms with Gasteiger partial charge in [-0.2, -0.15) is 0 Å². The van der Waals surface area contributed by atoms with Gasteiger partial charge in [-0.1, -0.05) is 107 Å². The molecular formula is C35H18Br2O. The van der Waals surface area contributed by atoms with Crippen LogP contribution in [0.4, 0.5) is 0 Å². The molecule has 0 fully saturated rings. The van der Waals surface area contributed by atoms with Gasteiger partial charge in [0.25, 0.3) is 0 Å². The summed E-state index contributed by atoms with van der Waals surface area (Å²) in [4.78, 5) is 0. The van der Waals surface area contributed by atoms with Crippen molar-refractivity contribution in [3.8, 4) is 22.3 Å². The Morgan fingerprint density at radius 1 is 0.500 bits per heavy atom. The third-order valence-corrected chi connectivity index (χ3v) is 9.85. The monoisotopic (exact) mass is 612 g/mol. The molecule has 0 unspecified atom stereocenters. The van der Waals surface area contributed by atoms with Crippen LogP contribution in [0.1, 0.15) is 22.3 Å². The fourth-order valence-corrected chi connectivity index (χ4v) is 8.36. The van der Waals surface area contributed by atoms with Gasteiger partial charge in [0.05, 0.1) is 9.89 Å². The summed E-state index contributed by atoms with van der Waals surface area (Å²) >= 11 is 7.92. The summed E-state index contributed by atoms with van der Waals surface area (Å²) in [5.74, 6) is 0. The Hall–Kier alpha value is -3.66. The van der Waals surface area contributed by atoms with Crippen LogP contribution in [0.2, 0.25) is 0 Å². The molecule has 1 aromatic heterocycles. The van der Waals surface area contributed by atoms with Crippen LogP contribution in [-0.4, -0.2) is 0 Å². The van der Waals surface area contributed by atoms with Gasteiger partial charge in [0, 0.05) is 15.2 Å². The molecule has 38 heavy (non-hydrogen) atoms. The molecule has 0 amide bonds.